The third-order valence-corrected chi connectivity index (χ3v) is 16.7. The van der Waals surface area contributed by atoms with E-state index in [1.165, 1.54) is 137 Å². The van der Waals surface area contributed by atoms with Crippen molar-refractivity contribution in [1.82, 2.24) is 75.5 Å². The van der Waals surface area contributed by atoms with Crippen LogP contribution in [0, 0.1) is 38.5 Å². The Morgan fingerprint density at radius 1 is 0.697 bits per heavy atom. The first kappa shape index (κ1) is 91.5. The molecule has 109 heavy (non-hydrogen) atoms. The van der Waals surface area contributed by atoms with E-state index in [9.17, 15) is 52.7 Å². The normalized spacial score (nSPS) is 18.3. The van der Waals surface area contributed by atoms with Gasteiger partial charge in [0.05, 0.1) is 30.6 Å². The van der Waals surface area contributed by atoms with Crippen LogP contribution in [0.5, 0.6) is 0 Å². The molecule has 0 radical (unpaired) electrons. The fourth-order valence-corrected chi connectivity index (χ4v) is 10.5. The van der Waals surface area contributed by atoms with Crippen molar-refractivity contribution in [3.63, 3.8) is 0 Å². The van der Waals surface area contributed by atoms with E-state index in [1.54, 1.807) is 77.3 Å². The number of pyridine rings is 2. The summed E-state index contributed by atoms with van der Waals surface area (Å²) in [5.74, 6) is 3.24. The number of esters is 3. The van der Waals surface area contributed by atoms with Crippen molar-refractivity contribution in [3.05, 3.63) is 283 Å². The van der Waals surface area contributed by atoms with Gasteiger partial charge in [-0.2, -0.15) is 5.10 Å². The lowest BCUT2D eigenvalue weighted by atomic mass is 9.88. The zero-order valence-corrected chi connectivity index (χ0v) is 65.7. The van der Waals surface area contributed by atoms with Gasteiger partial charge in [0.25, 0.3) is 11.1 Å². The van der Waals surface area contributed by atoms with Crippen LogP contribution in [-0.2, 0) is 65.1 Å². The van der Waals surface area contributed by atoms with Crippen molar-refractivity contribution in [1.29, 1.82) is 0 Å². The smallest absolute Gasteiger partial charge is 0.342 e. The molecule has 10 aliphatic rings. The average Bonchev–Trinajstić information content (AvgIpc) is 1.84. The molecule has 0 unspecified atom stereocenters. The number of H-pyrrole nitrogens is 6. The van der Waals surface area contributed by atoms with Crippen LogP contribution in [0.2, 0.25) is 0 Å². The molecule has 10 N–H and O–H groups in total. The lowest BCUT2D eigenvalue weighted by molar-refractivity contribution is -0.150. The van der Waals surface area contributed by atoms with Crippen LogP contribution in [0.4, 0.5) is 0 Å². The highest BCUT2D eigenvalue weighted by molar-refractivity contribution is 8.03. The van der Waals surface area contributed by atoms with Gasteiger partial charge in [-0.05, 0) is 172 Å². The predicted octanol–water partition coefficient (Wildman–Crippen LogP) is 9.64. The molecule has 6 aromatic heterocycles. The summed E-state index contributed by atoms with van der Waals surface area (Å²) in [5.41, 5.74) is 10.6. The summed E-state index contributed by atoms with van der Waals surface area (Å²) < 4.78 is 16.1. The molecule has 16 rings (SSSR count). The zero-order chi connectivity index (χ0) is 80.8. The molecule has 0 aromatic carbocycles. The van der Waals surface area contributed by atoms with E-state index >= 15 is 0 Å². The Morgan fingerprint density at radius 2 is 1.42 bits per heavy atom. The summed E-state index contributed by atoms with van der Waals surface area (Å²) in [7, 11) is 3.27. The van der Waals surface area contributed by atoms with Crippen LogP contribution < -0.4 is 54.8 Å². The monoisotopic (exact) mass is 1520 g/mol. The zero-order valence-electron chi connectivity index (χ0n) is 64.8. The third kappa shape index (κ3) is 41.1. The predicted molar refractivity (Wildman–Crippen MR) is 424 cm³/mol. The van der Waals surface area contributed by atoms with Gasteiger partial charge in [0.1, 0.15) is 17.9 Å². The second-order valence-electron chi connectivity index (χ2n) is 25.9. The number of carbonyl (C=O) groups excluding carboxylic acids is 5. The van der Waals surface area contributed by atoms with E-state index in [2.05, 4.69) is 135 Å². The van der Waals surface area contributed by atoms with E-state index in [4.69, 9.17) is 4.74 Å². The summed E-state index contributed by atoms with van der Waals surface area (Å²) in [6.07, 6.45) is 44.1. The van der Waals surface area contributed by atoms with Gasteiger partial charge >= 0.3 is 29.3 Å². The Morgan fingerprint density at radius 3 is 1.77 bits per heavy atom. The van der Waals surface area contributed by atoms with Gasteiger partial charge in [-0.1, -0.05) is 57.7 Å². The van der Waals surface area contributed by atoms with Gasteiger partial charge < -0.3 is 65.0 Å². The molecule has 8 aliphatic heterocycles. The maximum atomic E-state index is 11.0. The van der Waals surface area contributed by atoms with Crippen molar-refractivity contribution >= 4 is 41.5 Å². The molecule has 4 atom stereocenters. The number of aryl methyl sites for hydroxylation is 6. The maximum Gasteiger partial charge on any atom is 0.342 e. The standard InChI is InChI=1S/C11H15N.C10H13NO.C6H7NO.C6H11N.2C5H6N2O.2C5H7NO.C5H4O3.C5H8O.C5H8S.C4H6N2O.C4H4O2.C3H5N3O/c1-8-7-9(2)12-11-6-4-3-5-10(8)11;1-7-2-4-9-8(6-7)3-5-10(12)11-9;1-5-4-6(8)2-3-7-5;1-6-3-2-4-7-5-6;1-7-3-2-6-4-5(7)8;1-4-6-3-2-5(8)7-4;1-4-2-3-6-5(4)7;1-4-2-3-5(7)6-4;1-3-2-4(6)8-5(3)7;2*1-5-3-2-4-6-5;1-3-2-5-4(7)6-3;1-3-2-4(5)6-3;1-6-3(7)4-2-5-6/h7,12H,2-6H2,1H3;3,5,7H,2,4,6H2,1H3,(H,11,12);2-4H,1H3,(H,7,8);2,4,6-7H,3,5H2,1H3;2-4H,1H3;2-3H,1H3,(H,6,7,8);2-4H,1H3,(H,6,7);2H,3H2,1H3,(H,6,7);2H,1H3;2,4-5H,3H2,1H3;3H,2,4H2,1H3;2H,1H3,(H2,5,6,7);2H,1H3;2H,1H3,(H,4,5,7)/t;7-;;6-;;;4-;;;5-;;;;/m.0.1..0..0..../s1. The number of ether oxygens (including phenoxy) is 3. The summed E-state index contributed by atoms with van der Waals surface area (Å²) in [6.45, 7) is 28.4. The Balaban J connectivity index is 0.000000306. The number of nitrogens with zero attached hydrogens (tertiary/aromatic N) is 5. The number of amides is 2. The van der Waals surface area contributed by atoms with Crippen molar-refractivity contribution in [2.75, 3.05) is 12.3 Å². The Bertz CT molecular complexity index is 4540. The minimum absolute atomic E-state index is 0.0308. The molecule has 0 saturated carbocycles. The molecule has 14 heterocycles. The third-order valence-electron chi connectivity index (χ3n) is 15.6. The first-order chi connectivity index (χ1) is 51.8. The van der Waals surface area contributed by atoms with Crippen LogP contribution in [0.15, 0.2) is 221 Å². The van der Waals surface area contributed by atoms with Crippen LogP contribution in [0.3, 0.4) is 0 Å². The van der Waals surface area contributed by atoms with Crippen molar-refractivity contribution in [2.24, 2.45) is 31.8 Å². The van der Waals surface area contributed by atoms with Crippen LogP contribution >= 0.6 is 11.8 Å². The van der Waals surface area contributed by atoms with Crippen LogP contribution in [0.1, 0.15) is 149 Å². The van der Waals surface area contributed by atoms with Gasteiger partial charge in [-0.3, -0.25) is 38.7 Å². The Kier molecular flexibility index (Phi) is 42.6. The van der Waals surface area contributed by atoms with Gasteiger partial charge in [0.15, 0.2) is 5.43 Å². The fraction of sp³-hybridized carbons (Fsp3) is 0.392. The van der Waals surface area contributed by atoms with Crippen LogP contribution in [0.25, 0.3) is 0 Å². The number of aromatic amines is 6. The second kappa shape index (κ2) is 50.7. The fourth-order valence-electron chi connectivity index (χ4n) is 9.66. The SMILES string of the molecule is C=C1C=C(C)C2=C(CCCC2)N1.CC1=CC(=O)O1.CC1=CC(=O)OC1=O.CC1=CCC(=O)N1.CC1=CCCS1.C[C@@H]1CC=CNC1.C[C@H]1C=CNC1=O.C[C@H]1CC=CO1.C[C@H]1CCc2[nH]c(=O)ccc2C1.Cc1c[nH]c(=O)[nH]1.Cc1cc(=O)cc[nH]1.Cc1nccc(=O)[nH]1.Cn1ccncc1=O.Cn1nc[nH]c1=O. The topological polar surface area (TPSA) is 407 Å². The Labute approximate surface area is 638 Å². The summed E-state index contributed by atoms with van der Waals surface area (Å²) in [6, 6.07) is 8.01. The van der Waals surface area contributed by atoms with Gasteiger partial charge in [-0.25, -0.2) is 33.6 Å². The molecule has 0 fully saturated rings. The number of nitrogens with one attached hydrogen (secondary N) is 10. The van der Waals surface area contributed by atoms with Crippen molar-refractivity contribution in [2.45, 2.75) is 160 Å². The number of allylic oxidation sites excluding steroid dienone is 9. The number of rotatable bonds is 0. The molecule has 2 aliphatic carbocycles. The highest BCUT2D eigenvalue weighted by Gasteiger charge is 2.20. The van der Waals surface area contributed by atoms with Gasteiger partial charge in [-0.15, -0.1) is 11.8 Å². The lowest BCUT2D eigenvalue weighted by Gasteiger charge is -2.26. The largest absolute Gasteiger partial charge is 0.498 e. The molecule has 0 bridgehead atoms. The number of aromatic nitrogens is 11. The number of thioether (sulfide) groups is 1. The van der Waals surface area contributed by atoms with Crippen molar-refractivity contribution < 1.29 is 38.2 Å². The first-order valence-electron chi connectivity index (χ1n) is 35.6. The minimum Gasteiger partial charge on any atom is -0.498 e. The van der Waals surface area contributed by atoms with Crippen molar-refractivity contribution in [3.8, 4) is 0 Å². The number of cyclic esters (lactones) is 3. The quantitative estimate of drug-likeness (QED) is 0.0499. The number of hydrogen-bond acceptors (Lipinski definition) is 20. The Hall–Kier alpha value is -11.7. The number of imidazole rings is 1. The minimum atomic E-state index is -0.562. The number of fused-ring (bicyclic) bond motifs is 1. The lowest BCUT2D eigenvalue weighted by Crippen LogP contribution is -2.20. The molecule has 0 saturated heterocycles. The highest BCUT2D eigenvalue weighted by atomic mass is 32.2. The molecule has 2 amide bonds. The molecule has 29 nitrogen and oxygen atoms in total. The average molecular weight is 1520 g/mol. The highest BCUT2D eigenvalue weighted by Crippen LogP contribution is 2.32. The summed E-state index contributed by atoms with van der Waals surface area (Å²) in [5, 5.41) is 15.3. The number of hydrogen-bond donors (Lipinski definition) is 10. The number of carbonyl (C=O) groups is 5. The van der Waals surface area contributed by atoms with E-state index < -0.39 is 11.9 Å². The van der Waals surface area contributed by atoms with E-state index in [0.29, 0.717) is 29.7 Å². The first-order valence-corrected chi connectivity index (χ1v) is 36.5. The maximum absolute atomic E-state index is 11.0. The van der Waals surface area contributed by atoms with Crippen LogP contribution in [-0.4, -0.2) is 102 Å². The van der Waals surface area contributed by atoms with Gasteiger partial charge in [0.2, 0.25) is 17.4 Å². The second-order valence-corrected chi connectivity index (χ2v) is 27.2. The van der Waals surface area contributed by atoms with Gasteiger partial charge in [0, 0.05) is 147 Å². The molecule has 588 valence electrons. The molecule has 30 heteroatoms. The molecule has 0 spiro atoms. The molecular formula is C79H107N15O14S. The summed E-state index contributed by atoms with van der Waals surface area (Å²) >= 11 is 1.96. The molecule has 6 aromatic rings. The van der Waals surface area contributed by atoms with E-state index in [0.717, 1.165) is 66.1 Å². The summed E-state index contributed by atoms with van der Waals surface area (Å²) in [4.78, 5) is 138. The molecular weight excluding hydrogens is 1420 g/mol. The van der Waals surface area contributed by atoms with E-state index in [1.807, 2.05) is 70.0 Å². The van der Waals surface area contributed by atoms with E-state index in [-0.39, 0.29) is 57.2 Å². The number of dihydropyridines is 1.